The summed E-state index contributed by atoms with van der Waals surface area (Å²) in [4.78, 5) is 11.2. The third-order valence-electron chi connectivity index (χ3n) is 1.59. The Labute approximate surface area is 103 Å². The second-order valence-corrected chi connectivity index (χ2v) is 3.96. The number of carbonyl (C=O) groups excluding carboxylic acids is 1. The summed E-state index contributed by atoms with van der Waals surface area (Å²) in [6.45, 7) is 1.75. The molecule has 0 aliphatic carbocycles. The fourth-order valence-corrected chi connectivity index (χ4v) is 1.54. The molecule has 0 bridgehead atoms. The number of amides is 1. The van der Waals surface area contributed by atoms with E-state index in [1.165, 1.54) is 18.2 Å². The zero-order chi connectivity index (χ0) is 11.4. The van der Waals surface area contributed by atoms with Gasteiger partial charge >= 0.3 is 0 Å². The first-order valence-electron chi connectivity index (χ1n) is 4.13. The van der Waals surface area contributed by atoms with Crippen LogP contribution in [-0.4, -0.2) is 5.91 Å². The van der Waals surface area contributed by atoms with Gasteiger partial charge in [-0.05, 0) is 25.1 Å². The number of carbonyl (C=O) groups is 1. The molecule has 15 heavy (non-hydrogen) atoms. The second-order valence-electron chi connectivity index (χ2n) is 2.74. The summed E-state index contributed by atoms with van der Waals surface area (Å²) >= 11 is 17.4. The molecule has 0 radical (unpaired) electrons. The van der Waals surface area contributed by atoms with Gasteiger partial charge in [0.05, 0.1) is 20.8 Å². The minimum atomic E-state index is -0.266. The van der Waals surface area contributed by atoms with Crippen molar-refractivity contribution < 1.29 is 4.79 Å². The Morgan fingerprint density at radius 3 is 2.40 bits per heavy atom. The van der Waals surface area contributed by atoms with Crippen molar-refractivity contribution in [2.75, 3.05) is 5.32 Å². The van der Waals surface area contributed by atoms with Gasteiger partial charge in [0.2, 0.25) is 5.91 Å². The number of rotatable bonds is 2. The topological polar surface area (TPSA) is 29.1 Å². The van der Waals surface area contributed by atoms with Crippen LogP contribution in [0.5, 0.6) is 0 Å². The van der Waals surface area contributed by atoms with Crippen molar-refractivity contribution in [3.05, 3.63) is 39.4 Å². The second kappa shape index (κ2) is 5.40. The lowest BCUT2D eigenvalue weighted by atomic mass is 10.3. The van der Waals surface area contributed by atoms with E-state index in [0.29, 0.717) is 20.8 Å². The lowest BCUT2D eigenvalue weighted by Crippen LogP contribution is -2.08. The fraction of sp³-hybridized carbons (Fsp3) is 0.100. The molecule has 1 rings (SSSR count). The molecule has 0 aliphatic rings. The molecule has 0 saturated carbocycles. The highest BCUT2D eigenvalue weighted by Crippen LogP contribution is 2.32. The Balaban J connectivity index is 2.95. The Morgan fingerprint density at radius 1 is 1.20 bits per heavy atom. The van der Waals surface area contributed by atoms with Crippen LogP contribution < -0.4 is 5.32 Å². The van der Waals surface area contributed by atoms with Gasteiger partial charge in [-0.2, -0.15) is 0 Å². The Morgan fingerprint density at radius 2 is 1.80 bits per heavy atom. The minimum absolute atomic E-state index is 0.266. The zero-order valence-corrected chi connectivity index (χ0v) is 10.1. The molecule has 0 fully saturated rings. The molecule has 0 atom stereocenters. The summed E-state index contributed by atoms with van der Waals surface area (Å²) in [5, 5.41) is 3.62. The van der Waals surface area contributed by atoms with E-state index >= 15 is 0 Å². The Kier molecular flexibility index (Phi) is 4.45. The predicted molar refractivity (Wildman–Crippen MR) is 64.9 cm³/mol. The highest BCUT2D eigenvalue weighted by molar-refractivity contribution is 6.44. The van der Waals surface area contributed by atoms with Crippen LogP contribution in [0.15, 0.2) is 24.3 Å². The largest absolute Gasteiger partial charge is 0.321 e. The van der Waals surface area contributed by atoms with E-state index in [1.54, 1.807) is 13.0 Å². The van der Waals surface area contributed by atoms with Crippen molar-refractivity contribution in [3.8, 4) is 0 Å². The van der Waals surface area contributed by atoms with Crippen LogP contribution >= 0.6 is 34.8 Å². The molecule has 0 heterocycles. The number of allylic oxidation sites excluding steroid dienone is 1. The fourth-order valence-electron chi connectivity index (χ4n) is 0.944. The molecular formula is C10H8Cl3NO. The number of nitrogens with one attached hydrogen (secondary N) is 1. The van der Waals surface area contributed by atoms with E-state index in [0.717, 1.165) is 0 Å². The van der Waals surface area contributed by atoms with Crippen molar-refractivity contribution >= 4 is 46.4 Å². The van der Waals surface area contributed by atoms with Crippen molar-refractivity contribution in [1.82, 2.24) is 0 Å². The summed E-state index contributed by atoms with van der Waals surface area (Å²) in [5.41, 5.74) is 0.439. The van der Waals surface area contributed by atoms with Crippen LogP contribution in [0.1, 0.15) is 6.92 Å². The van der Waals surface area contributed by atoms with Crippen LogP contribution in [0.4, 0.5) is 5.69 Å². The van der Waals surface area contributed by atoms with Crippen LogP contribution in [0.2, 0.25) is 15.1 Å². The molecule has 0 aromatic heterocycles. The predicted octanol–water partition coefficient (Wildman–Crippen LogP) is 4.16. The molecule has 5 heteroatoms. The highest BCUT2D eigenvalue weighted by Gasteiger charge is 2.07. The Bertz CT molecular complexity index is 415. The minimum Gasteiger partial charge on any atom is -0.321 e. The first kappa shape index (κ1) is 12.4. The third kappa shape index (κ3) is 3.42. The molecule has 1 aromatic carbocycles. The quantitative estimate of drug-likeness (QED) is 0.630. The number of hydrogen-bond acceptors (Lipinski definition) is 1. The number of hydrogen-bond donors (Lipinski definition) is 1. The summed E-state index contributed by atoms with van der Waals surface area (Å²) in [6.07, 6.45) is 3.01. The van der Waals surface area contributed by atoms with Gasteiger partial charge in [0.25, 0.3) is 0 Å². The van der Waals surface area contributed by atoms with Gasteiger partial charge in [0, 0.05) is 0 Å². The van der Waals surface area contributed by atoms with Crippen molar-refractivity contribution in [1.29, 1.82) is 0 Å². The van der Waals surface area contributed by atoms with Gasteiger partial charge in [-0.15, -0.1) is 0 Å². The molecule has 1 amide bonds. The van der Waals surface area contributed by atoms with E-state index < -0.39 is 0 Å². The summed E-state index contributed by atoms with van der Waals surface area (Å²) in [5.74, 6) is -0.266. The third-order valence-corrected chi connectivity index (χ3v) is 2.62. The van der Waals surface area contributed by atoms with E-state index in [9.17, 15) is 4.79 Å². The molecule has 1 aromatic rings. The van der Waals surface area contributed by atoms with Gasteiger partial charge in [0.1, 0.15) is 0 Å². The Hall–Kier alpha value is -0.700. The van der Waals surface area contributed by atoms with Crippen molar-refractivity contribution in [3.63, 3.8) is 0 Å². The maximum absolute atomic E-state index is 11.2. The lowest BCUT2D eigenvalue weighted by molar-refractivity contribution is -0.111. The van der Waals surface area contributed by atoms with Crippen LogP contribution in [0, 0.1) is 0 Å². The summed E-state index contributed by atoms with van der Waals surface area (Å²) in [7, 11) is 0. The molecule has 0 saturated heterocycles. The maximum Gasteiger partial charge on any atom is 0.248 e. The molecule has 2 nitrogen and oxygen atoms in total. The smallest absolute Gasteiger partial charge is 0.248 e. The monoisotopic (exact) mass is 263 g/mol. The number of benzene rings is 1. The number of anilines is 1. The first-order chi connectivity index (χ1) is 7.04. The molecule has 0 unspecified atom stereocenters. The van der Waals surface area contributed by atoms with Gasteiger partial charge in [-0.25, -0.2) is 0 Å². The molecule has 1 N–H and O–H groups in total. The van der Waals surface area contributed by atoms with E-state index in [4.69, 9.17) is 34.8 Å². The molecule has 80 valence electrons. The van der Waals surface area contributed by atoms with E-state index in [1.807, 2.05) is 0 Å². The van der Waals surface area contributed by atoms with Crippen molar-refractivity contribution in [2.45, 2.75) is 6.92 Å². The van der Waals surface area contributed by atoms with E-state index in [2.05, 4.69) is 5.32 Å². The van der Waals surface area contributed by atoms with Gasteiger partial charge in [0.15, 0.2) is 0 Å². The van der Waals surface area contributed by atoms with Crippen LogP contribution in [-0.2, 0) is 4.79 Å². The standard InChI is InChI=1S/C10H8Cl3NO/c1-2-3-10(15)14-9-5-7(12)6(11)4-8(9)13/h2-5H,1H3,(H,14,15). The van der Waals surface area contributed by atoms with Gasteiger partial charge in [-0.3, -0.25) is 4.79 Å². The van der Waals surface area contributed by atoms with E-state index in [-0.39, 0.29) is 5.91 Å². The van der Waals surface area contributed by atoms with Crippen molar-refractivity contribution in [2.24, 2.45) is 0 Å². The average Bonchev–Trinajstić information content (AvgIpc) is 2.14. The normalized spacial score (nSPS) is 10.7. The van der Waals surface area contributed by atoms with Crippen LogP contribution in [0.3, 0.4) is 0 Å². The molecule has 0 spiro atoms. The molecule has 0 aliphatic heterocycles. The van der Waals surface area contributed by atoms with Gasteiger partial charge < -0.3 is 5.32 Å². The SMILES string of the molecule is CC=CC(=O)Nc1cc(Cl)c(Cl)cc1Cl. The summed E-state index contributed by atoms with van der Waals surface area (Å²) in [6, 6.07) is 2.99. The zero-order valence-electron chi connectivity index (χ0n) is 7.85. The summed E-state index contributed by atoms with van der Waals surface area (Å²) < 4.78 is 0. The molecular weight excluding hydrogens is 256 g/mol. The average molecular weight is 265 g/mol. The van der Waals surface area contributed by atoms with Crippen LogP contribution in [0.25, 0.3) is 0 Å². The highest BCUT2D eigenvalue weighted by atomic mass is 35.5. The van der Waals surface area contributed by atoms with Gasteiger partial charge in [-0.1, -0.05) is 40.9 Å². The first-order valence-corrected chi connectivity index (χ1v) is 5.26. The lowest BCUT2D eigenvalue weighted by Gasteiger charge is -2.06. The maximum atomic E-state index is 11.2. The number of halogens is 3.